The van der Waals surface area contributed by atoms with Crippen molar-refractivity contribution in [3.63, 3.8) is 0 Å². The Morgan fingerprint density at radius 3 is 1.14 bits per heavy atom. The monoisotopic (exact) mass is 957 g/mol. The fraction of sp³-hybridized carbons (Fsp3) is 0.516. The van der Waals surface area contributed by atoms with Crippen LogP contribution in [0.5, 0.6) is 11.5 Å². The molecule has 0 aliphatic rings. The minimum absolute atomic E-state index is 0.0279. The second-order valence-electron chi connectivity index (χ2n) is 18.8. The third-order valence-corrected chi connectivity index (χ3v) is 12.9. The Morgan fingerprint density at radius 1 is 0.371 bits per heavy atom. The molecule has 0 heterocycles. The van der Waals surface area contributed by atoms with Gasteiger partial charge < -0.3 is 34.8 Å². The number of aliphatic hydroxyl groups is 2. The molecule has 0 unspecified atom stereocenters. The summed E-state index contributed by atoms with van der Waals surface area (Å²) < 4.78 is 10.9. The van der Waals surface area contributed by atoms with Gasteiger partial charge in [0, 0.05) is 45.8 Å². The first kappa shape index (κ1) is 58.0. The molecule has 0 radical (unpaired) electrons. The van der Waals surface area contributed by atoms with Crippen LogP contribution < -0.4 is 14.8 Å². The van der Waals surface area contributed by atoms with Gasteiger partial charge in [-0.25, -0.2) is 0 Å². The quantitative estimate of drug-likeness (QED) is 0.0343. The first-order valence-corrected chi connectivity index (χ1v) is 27.2. The number of unbranched alkanes of at least 4 members (excludes halogenated alkanes) is 6. The Labute approximate surface area is 425 Å². The SMILES string of the molecule is CCCCCc1ccc(CN(CCN(CCCC)CCCC)Cc2ccc(-c3ccc(OCCO)cc3)cc2)cc1.CCCCN(CCCC)CCNCc1ccc(-c2ccc(OCCO)cc2)cc1. The molecular weight excluding hydrogens is 865 g/mol. The van der Waals surface area contributed by atoms with Crippen molar-refractivity contribution in [3.05, 3.63) is 144 Å². The van der Waals surface area contributed by atoms with Crippen LogP contribution in [-0.2, 0) is 26.1 Å². The van der Waals surface area contributed by atoms with Crippen LogP contribution in [0.15, 0.2) is 121 Å². The number of ether oxygens (including phenoxy) is 2. The van der Waals surface area contributed by atoms with Crippen molar-refractivity contribution in [2.24, 2.45) is 0 Å². The Hall–Kier alpha value is -4.54. The number of benzene rings is 5. The van der Waals surface area contributed by atoms with Gasteiger partial charge in [-0.15, -0.1) is 0 Å². The van der Waals surface area contributed by atoms with Gasteiger partial charge in [0.05, 0.1) is 13.2 Å². The van der Waals surface area contributed by atoms with Crippen LogP contribution >= 0.6 is 0 Å². The van der Waals surface area contributed by atoms with Gasteiger partial charge in [-0.05, 0) is 133 Å². The molecule has 384 valence electrons. The van der Waals surface area contributed by atoms with Crippen LogP contribution in [0.1, 0.15) is 128 Å². The largest absolute Gasteiger partial charge is 0.491 e. The maximum Gasteiger partial charge on any atom is 0.119 e. The predicted molar refractivity (Wildman–Crippen MR) is 297 cm³/mol. The minimum Gasteiger partial charge on any atom is -0.491 e. The van der Waals surface area contributed by atoms with Crippen molar-refractivity contribution in [2.45, 2.75) is 131 Å². The Bertz CT molecular complexity index is 1990. The van der Waals surface area contributed by atoms with E-state index >= 15 is 0 Å². The third kappa shape index (κ3) is 23.6. The molecule has 0 aliphatic carbocycles. The van der Waals surface area contributed by atoms with Crippen molar-refractivity contribution in [2.75, 3.05) is 78.8 Å². The van der Waals surface area contributed by atoms with Gasteiger partial charge in [-0.1, -0.05) is 170 Å². The van der Waals surface area contributed by atoms with E-state index in [1.807, 2.05) is 24.3 Å². The second-order valence-corrected chi connectivity index (χ2v) is 18.8. The van der Waals surface area contributed by atoms with Crippen LogP contribution in [-0.4, -0.2) is 104 Å². The lowest BCUT2D eigenvalue weighted by atomic mass is 10.0. The zero-order valence-electron chi connectivity index (χ0n) is 44.2. The van der Waals surface area contributed by atoms with Crippen molar-refractivity contribution in [3.8, 4) is 33.8 Å². The lowest BCUT2D eigenvalue weighted by Gasteiger charge is -2.28. The summed E-state index contributed by atoms with van der Waals surface area (Å²) in [6, 6.07) is 43.3. The zero-order chi connectivity index (χ0) is 49.9. The van der Waals surface area contributed by atoms with Crippen molar-refractivity contribution >= 4 is 0 Å². The summed E-state index contributed by atoms with van der Waals surface area (Å²) in [6.07, 6.45) is 15.2. The smallest absolute Gasteiger partial charge is 0.119 e. The van der Waals surface area contributed by atoms with Gasteiger partial charge in [-0.2, -0.15) is 0 Å². The van der Waals surface area contributed by atoms with Gasteiger partial charge >= 0.3 is 0 Å². The fourth-order valence-corrected chi connectivity index (χ4v) is 8.50. The topological polar surface area (TPSA) is 80.7 Å². The molecule has 0 spiro atoms. The lowest BCUT2D eigenvalue weighted by molar-refractivity contribution is 0.189. The molecule has 0 bridgehead atoms. The van der Waals surface area contributed by atoms with E-state index in [0.717, 1.165) is 57.3 Å². The van der Waals surface area contributed by atoms with E-state index in [1.165, 1.54) is 148 Å². The van der Waals surface area contributed by atoms with E-state index in [9.17, 15) is 0 Å². The molecule has 5 aromatic rings. The molecule has 8 nitrogen and oxygen atoms in total. The highest BCUT2D eigenvalue weighted by Gasteiger charge is 2.12. The zero-order valence-corrected chi connectivity index (χ0v) is 44.2. The number of aliphatic hydroxyl groups excluding tert-OH is 2. The molecule has 70 heavy (non-hydrogen) atoms. The summed E-state index contributed by atoms with van der Waals surface area (Å²) in [5.74, 6) is 1.58. The highest BCUT2D eigenvalue weighted by atomic mass is 16.5. The number of aryl methyl sites for hydroxylation is 1. The van der Waals surface area contributed by atoms with Gasteiger partial charge in [0.2, 0.25) is 0 Å². The van der Waals surface area contributed by atoms with Crippen LogP contribution in [0.2, 0.25) is 0 Å². The Balaban J connectivity index is 0.000000323. The molecule has 3 N–H and O–H groups in total. The maximum absolute atomic E-state index is 8.98. The van der Waals surface area contributed by atoms with Crippen molar-refractivity contribution in [1.82, 2.24) is 20.0 Å². The number of nitrogens with one attached hydrogen (secondary N) is 1. The number of rotatable bonds is 36. The normalized spacial score (nSPS) is 11.3. The van der Waals surface area contributed by atoms with Gasteiger partial charge in [0.15, 0.2) is 0 Å². The highest BCUT2D eigenvalue weighted by molar-refractivity contribution is 5.65. The van der Waals surface area contributed by atoms with E-state index in [4.69, 9.17) is 19.7 Å². The fourth-order valence-electron chi connectivity index (χ4n) is 8.50. The average Bonchev–Trinajstić information content (AvgIpc) is 3.40. The Morgan fingerprint density at radius 2 is 0.729 bits per heavy atom. The summed E-state index contributed by atoms with van der Waals surface area (Å²) in [5, 5.41) is 21.4. The first-order chi connectivity index (χ1) is 34.4. The summed E-state index contributed by atoms with van der Waals surface area (Å²) in [4.78, 5) is 7.89. The molecule has 0 aromatic heterocycles. The predicted octanol–water partition coefficient (Wildman–Crippen LogP) is 13.1. The van der Waals surface area contributed by atoms with Gasteiger partial charge in [-0.3, -0.25) is 4.90 Å². The highest BCUT2D eigenvalue weighted by Crippen LogP contribution is 2.25. The molecule has 0 saturated carbocycles. The summed E-state index contributed by atoms with van der Waals surface area (Å²) in [5.41, 5.74) is 10.3. The standard InChI is InChI=1S/C37H54N2O2.C25H38N2O2/c1-4-7-10-11-32-12-14-33(15-13-32)30-39(27-26-38(24-8-5-2)25-9-6-3)31-34-16-18-35(19-17-34)36-20-22-37(23-21-36)41-29-28-40;1-3-5-16-27(17-6-4-2)18-15-26-21-22-7-9-23(10-8-22)24-11-13-25(14-12-24)29-20-19-28/h12-23,40H,4-11,24-31H2,1-3H3;7-14,26,28H,3-6,15-21H2,1-2H3. The molecule has 5 aromatic carbocycles. The minimum atomic E-state index is 0.0279. The van der Waals surface area contributed by atoms with Crippen LogP contribution in [0, 0.1) is 0 Å². The molecule has 0 aliphatic heterocycles. The van der Waals surface area contributed by atoms with Crippen LogP contribution in [0.25, 0.3) is 22.3 Å². The number of hydrogen-bond acceptors (Lipinski definition) is 8. The van der Waals surface area contributed by atoms with E-state index in [0.29, 0.717) is 13.2 Å². The molecule has 0 amide bonds. The van der Waals surface area contributed by atoms with E-state index < -0.39 is 0 Å². The van der Waals surface area contributed by atoms with Crippen LogP contribution in [0.4, 0.5) is 0 Å². The molecule has 5 rings (SSSR count). The van der Waals surface area contributed by atoms with E-state index in [1.54, 1.807) is 0 Å². The van der Waals surface area contributed by atoms with E-state index in [-0.39, 0.29) is 13.2 Å². The summed E-state index contributed by atoms with van der Waals surface area (Å²) in [7, 11) is 0. The second kappa shape index (κ2) is 36.4. The van der Waals surface area contributed by atoms with Crippen molar-refractivity contribution < 1.29 is 19.7 Å². The average molecular weight is 957 g/mol. The maximum atomic E-state index is 8.98. The molecule has 0 atom stereocenters. The van der Waals surface area contributed by atoms with Gasteiger partial charge in [0.1, 0.15) is 24.7 Å². The number of nitrogens with zero attached hydrogens (tertiary/aromatic N) is 3. The molecule has 0 fully saturated rings. The number of hydrogen-bond donors (Lipinski definition) is 3. The summed E-state index contributed by atoms with van der Waals surface area (Å²) >= 11 is 0. The third-order valence-electron chi connectivity index (χ3n) is 12.9. The van der Waals surface area contributed by atoms with Gasteiger partial charge in [0.25, 0.3) is 0 Å². The Kier molecular flexibility index (Phi) is 30.2. The van der Waals surface area contributed by atoms with Crippen molar-refractivity contribution in [1.29, 1.82) is 0 Å². The molecule has 0 saturated heterocycles. The summed E-state index contributed by atoms with van der Waals surface area (Å²) in [6.45, 7) is 24.1. The molecule has 8 heteroatoms. The lowest BCUT2D eigenvalue weighted by Crippen LogP contribution is -2.36. The van der Waals surface area contributed by atoms with Crippen LogP contribution in [0.3, 0.4) is 0 Å². The molecular formula is C62H92N4O4. The first-order valence-electron chi connectivity index (χ1n) is 27.2. The van der Waals surface area contributed by atoms with E-state index in [2.05, 4.69) is 152 Å².